The van der Waals surface area contributed by atoms with Crippen molar-refractivity contribution in [3.8, 4) is 23.1 Å². The minimum absolute atomic E-state index is 0.0220. The molecule has 0 unspecified atom stereocenters. The van der Waals surface area contributed by atoms with E-state index in [1.54, 1.807) is 30.9 Å². The number of esters is 1. The van der Waals surface area contributed by atoms with Crippen LogP contribution < -0.4 is 4.72 Å². The van der Waals surface area contributed by atoms with Crippen LogP contribution in [0.5, 0.6) is 0 Å². The molecule has 0 aliphatic heterocycles. The van der Waals surface area contributed by atoms with E-state index >= 15 is 0 Å². The Morgan fingerprint density at radius 2 is 1.76 bits per heavy atom. The van der Waals surface area contributed by atoms with E-state index in [4.69, 9.17) is 4.74 Å². The summed E-state index contributed by atoms with van der Waals surface area (Å²) in [5.41, 5.74) is 4.94. The van der Waals surface area contributed by atoms with E-state index in [9.17, 15) is 13.2 Å². The van der Waals surface area contributed by atoms with Crippen LogP contribution in [0.3, 0.4) is 0 Å². The van der Waals surface area contributed by atoms with Crippen molar-refractivity contribution in [2.45, 2.75) is 17.4 Å². The van der Waals surface area contributed by atoms with E-state index in [-0.39, 0.29) is 11.3 Å². The molecule has 38 heavy (non-hydrogen) atoms. The van der Waals surface area contributed by atoms with Gasteiger partial charge >= 0.3 is 5.97 Å². The number of benzene rings is 3. The summed E-state index contributed by atoms with van der Waals surface area (Å²) in [7, 11) is -2.78. The number of carbonyl (C=O) groups excluding carboxylic acids is 1. The lowest BCUT2D eigenvalue weighted by molar-refractivity contribution is -0.142. The summed E-state index contributed by atoms with van der Waals surface area (Å²) in [6.07, 6.45) is 5.24. The minimum Gasteiger partial charge on any atom is -0.468 e. The first-order valence-electron chi connectivity index (χ1n) is 11.8. The smallest absolute Gasteiger partial charge is 0.324 e. The quantitative estimate of drug-likeness (QED) is 0.220. The van der Waals surface area contributed by atoms with Crippen LogP contribution in [0.1, 0.15) is 16.7 Å². The largest absolute Gasteiger partial charge is 0.468 e. The number of hydrogen-bond donors (Lipinski definition) is 3. The number of nitrogens with zero attached hydrogens (tertiary/aromatic N) is 1. The van der Waals surface area contributed by atoms with Crippen LogP contribution in [0, 0.1) is 11.8 Å². The highest BCUT2D eigenvalue weighted by Crippen LogP contribution is 2.22. The van der Waals surface area contributed by atoms with Gasteiger partial charge in [-0.15, -0.1) is 0 Å². The van der Waals surface area contributed by atoms with Crippen molar-refractivity contribution in [2.75, 3.05) is 7.11 Å². The number of nitrogens with one attached hydrogen (secondary N) is 3. The Hall–Kier alpha value is -4.65. The predicted molar refractivity (Wildman–Crippen MR) is 145 cm³/mol. The highest BCUT2D eigenvalue weighted by molar-refractivity contribution is 7.89. The first kappa shape index (κ1) is 25.0. The number of para-hydroxylation sites is 1. The van der Waals surface area contributed by atoms with Crippen molar-refractivity contribution in [1.82, 2.24) is 19.7 Å². The summed E-state index contributed by atoms with van der Waals surface area (Å²) in [6.45, 7) is 0. The van der Waals surface area contributed by atoms with Gasteiger partial charge in [-0.05, 0) is 42.0 Å². The van der Waals surface area contributed by atoms with E-state index in [0.29, 0.717) is 5.56 Å². The van der Waals surface area contributed by atoms with Gasteiger partial charge in [-0.25, -0.2) is 13.4 Å². The molecule has 0 spiro atoms. The highest BCUT2D eigenvalue weighted by Gasteiger charge is 2.27. The number of hydrogen-bond acceptors (Lipinski definition) is 5. The molecule has 0 aliphatic carbocycles. The molecule has 0 amide bonds. The summed E-state index contributed by atoms with van der Waals surface area (Å²) in [5.74, 6) is 5.55. The molecule has 3 aromatic carbocycles. The Morgan fingerprint density at radius 1 is 1.00 bits per heavy atom. The number of ether oxygens (including phenoxy) is 1. The van der Waals surface area contributed by atoms with Gasteiger partial charge in [0.05, 0.1) is 30.2 Å². The molecular formula is C29H24N4O4S. The minimum atomic E-state index is -4.01. The SMILES string of the molecule is COC(=O)[C@@H](Cc1c[nH]c2ccccc12)NS(=O)(=O)c1ccc(C#Cc2ccccc2-c2cnc[nH]2)cc1. The maximum Gasteiger partial charge on any atom is 0.324 e. The zero-order valence-electron chi connectivity index (χ0n) is 20.4. The van der Waals surface area contributed by atoms with E-state index in [2.05, 4.69) is 31.5 Å². The van der Waals surface area contributed by atoms with Gasteiger partial charge in [0.25, 0.3) is 0 Å². The number of imidazole rings is 1. The fourth-order valence-corrected chi connectivity index (χ4v) is 5.36. The van der Waals surface area contributed by atoms with Gasteiger partial charge < -0.3 is 14.7 Å². The maximum absolute atomic E-state index is 13.1. The molecule has 9 heteroatoms. The third kappa shape index (κ3) is 5.37. The molecule has 5 rings (SSSR count). The van der Waals surface area contributed by atoms with Crippen molar-refractivity contribution in [1.29, 1.82) is 0 Å². The monoisotopic (exact) mass is 524 g/mol. The number of carbonyl (C=O) groups is 1. The van der Waals surface area contributed by atoms with Crippen molar-refractivity contribution >= 4 is 26.9 Å². The zero-order chi connectivity index (χ0) is 26.5. The number of fused-ring (bicyclic) bond motifs is 1. The Bertz CT molecular complexity index is 1750. The second-order valence-corrected chi connectivity index (χ2v) is 10.3. The van der Waals surface area contributed by atoms with Crippen LogP contribution in [-0.4, -0.2) is 42.5 Å². The van der Waals surface area contributed by atoms with Crippen molar-refractivity contribution in [3.63, 3.8) is 0 Å². The van der Waals surface area contributed by atoms with Crippen LogP contribution in [0.4, 0.5) is 0 Å². The van der Waals surface area contributed by atoms with E-state index in [1.165, 1.54) is 19.2 Å². The lowest BCUT2D eigenvalue weighted by atomic mass is 10.1. The Balaban J connectivity index is 1.35. The van der Waals surface area contributed by atoms with Gasteiger partial charge in [-0.2, -0.15) is 4.72 Å². The Labute approximate surface area is 220 Å². The first-order valence-corrected chi connectivity index (χ1v) is 13.3. The number of methoxy groups -OCH3 is 1. The maximum atomic E-state index is 13.1. The van der Waals surface area contributed by atoms with Crippen LogP contribution in [0.25, 0.3) is 22.2 Å². The summed E-state index contributed by atoms with van der Waals surface area (Å²) >= 11 is 0. The summed E-state index contributed by atoms with van der Waals surface area (Å²) in [4.78, 5) is 22.8. The van der Waals surface area contributed by atoms with Crippen molar-refractivity contribution < 1.29 is 17.9 Å². The second-order valence-electron chi connectivity index (χ2n) is 8.55. The molecule has 2 heterocycles. The molecule has 1 atom stereocenters. The molecule has 5 aromatic rings. The van der Waals surface area contributed by atoms with E-state index in [0.717, 1.165) is 33.3 Å². The molecule has 0 fully saturated rings. The molecule has 0 radical (unpaired) electrons. The standard InChI is InChI=1S/C29H24N4O4S/c1-37-29(34)27(16-22-17-31-26-9-5-4-8-25(22)26)33-38(35,36)23-14-11-20(12-15-23)10-13-21-6-2-3-7-24(21)28-18-30-19-32-28/h2-9,11-12,14-15,17-19,27,31,33H,16H2,1H3,(H,30,32)/t27-/m1/s1. The average Bonchev–Trinajstić information content (AvgIpc) is 3.62. The van der Waals surface area contributed by atoms with Crippen LogP contribution >= 0.6 is 0 Å². The van der Waals surface area contributed by atoms with Gasteiger partial charge in [0.1, 0.15) is 6.04 Å². The van der Waals surface area contributed by atoms with Crippen LogP contribution in [-0.2, 0) is 26.0 Å². The molecule has 3 N–H and O–H groups in total. The summed E-state index contributed by atoms with van der Waals surface area (Å²) in [5, 5.41) is 0.914. The summed E-state index contributed by atoms with van der Waals surface area (Å²) in [6, 6.07) is 20.4. The molecule has 0 saturated carbocycles. The average molecular weight is 525 g/mol. The topological polar surface area (TPSA) is 117 Å². The van der Waals surface area contributed by atoms with Gasteiger partial charge in [0, 0.05) is 40.2 Å². The van der Waals surface area contributed by atoms with Gasteiger partial charge in [0.15, 0.2) is 0 Å². The van der Waals surface area contributed by atoms with Crippen LogP contribution in [0.15, 0.2) is 96.4 Å². The number of rotatable bonds is 7. The fourth-order valence-electron chi connectivity index (χ4n) is 4.18. The van der Waals surface area contributed by atoms with Gasteiger partial charge in [-0.1, -0.05) is 48.2 Å². The van der Waals surface area contributed by atoms with Gasteiger partial charge in [-0.3, -0.25) is 4.79 Å². The lowest BCUT2D eigenvalue weighted by Gasteiger charge is -2.16. The molecule has 8 nitrogen and oxygen atoms in total. The summed E-state index contributed by atoms with van der Waals surface area (Å²) < 4.78 is 33.7. The third-order valence-electron chi connectivity index (χ3n) is 6.10. The highest BCUT2D eigenvalue weighted by atomic mass is 32.2. The molecule has 190 valence electrons. The number of aromatic amines is 2. The van der Waals surface area contributed by atoms with Crippen LogP contribution in [0.2, 0.25) is 0 Å². The van der Waals surface area contributed by atoms with Crippen molar-refractivity contribution in [3.05, 3.63) is 108 Å². The number of H-pyrrole nitrogens is 2. The van der Waals surface area contributed by atoms with E-state index in [1.807, 2.05) is 48.5 Å². The second kappa shape index (κ2) is 10.8. The zero-order valence-corrected chi connectivity index (χ0v) is 21.2. The predicted octanol–water partition coefficient (Wildman–Crippen LogP) is 4.02. The molecular weight excluding hydrogens is 500 g/mol. The Kier molecular flexibility index (Phi) is 7.09. The molecule has 0 aliphatic rings. The number of sulfonamides is 1. The normalized spacial score (nSPS) is 12.0. The fraction of sp³-hybridized carbons (Fsp3) is 0.103. The van der Waals surface area contributed by atoms with E-state index < -0.39 is 22.0 Å². The van der Waals surface area contributed by atoms with Crippen molar-refractivity contribution in [2.24, 2.45) is 0 Å². The third-order valence-corrected chi connectivity index (χ3v) is 7.59. The number of aromatic nitrogens is 3. The lowest BCUT2D eigenvalue weighted by Crippen LogP contribution is -2.42. The molecule has 0 saturated heterocycles. The molecule has 0 bridgehead atoms. The Morgan fingerprint density at radius 3 is 2.53 bits per heavy atom. The molecule has 2 aromatic heterocycles. The first-order chi connectivity index (χ1) is 18.4. The van der Waals surface area contributed by atoms with Gasteiger partial charge in [0.2, 0.25) is 10.0 Å².